The van der Waals surface area contributed by atoms with Crippen molar-refractivity contribution < 1.29 is 22.7 Å². The molecule has 2 saturated heterocycles. The number of rotatable bonds is 2. The second-order valence-electron chi connectivity index (χ2n) is 4.66. The zero-order chi connectivity index (χ0) is 14.0. The zero-order valence-electron chi connectivity index (χ0n) is 10.2. The lowest BCUT2D eigenvalue weighted by molar-refractivity contribution is -0.159. The van der Waals surface area contributed by atoms with Gasteiger partial charge in [-0.05, 0) is 6.42 Å². The third-order valence-electron chi connectivity index (χ3n) is 3.32. The van der Waals surface area contributed by atoms with E-state index < -0.39 is 30.8 Å². The predicted octanol–water partition coefficient (Wildman–Crippen LogP) is 0.374. The summed E-state index contributed by atoms with van der Waals surface area (Å²) in [5.74, 6) is -0.504. The molecule has 5 nitrogen and oxygen atoms in total. The van der Waals surface area contributed by atoms with Gasteiger partial charge in [-0.15, -0.1) is 0 Å². The number of alkyl halides is 3. The minimum absolute atomic E-state index is 0.109. The number of halogens is 3. The molecule has 19 heavy (non-hydrogen) atoms. The van der Waals surface area contributed by atoms with Gasteiger partial charge in [0, 0.05) is 19.6 Å². The van der Waals surface area contributed by atoms with Gasteiger partial charge in [-0.25, -0.2) is 0 Å². The molecule has 0 N–H and O–H groups in total. The molecule has 0 aromatic heterocycles. The van der Waals surface area contributed by atoms with Crippen LogP contribution in [0.4, 0.5) is 13.2 Å². The molecule has 2 aliphatic rings. The van der Waals surface area contributed by atoms with Crippen LogP contribution in [0.2, 0.25) is 0 Å². The van der Waals surface area contributed by atoms with Crippen LogP contribution in [0.5, 0.6) is 0 Å². The Balaban J connectivity index is 1.96. The van der Waals surface area contributed by atoms with E-state index in [1.165, 1.54) is 0 Å². The van der Waals surface area contributed by atoms with Crippen molar-refractivity contribution in [3.05, 3.63) is 0 Å². The SMILES string of the molecule is N#C[C@H]1CN([C@H]2CCN(CC(F)(F)F)C2=O)CCO1. The second-order valence-corrected chi connectivity index (χ2v) is 4.66. The highest BCUT2D eigenvalue weighted by atomic mass is 19.4. The molecular formula is C11H14F3N3O2. The highest BCUT2D eigenvalue weighted by Crippen LogP contribution is 2.24. The Morgan fingerprint density at radius 2 is 2.16 bits per heavy atom. The van der Waals surface area contributed by atoms with Crippen molar-refractivity contribution in [1.29, 1.82) is 5.26 Å². The molecule has 0 bridgehead atoms. The van der Waals surface area contributed by atoms with Gasteiger partial charge in [0.2, 0.25) is 5.91 Å². The van der Waals surface area contributed by atoms with Crippen molar-refractivity contribution in [2.24, 2.45) is 0 Å². The number of morpholine rings is 1. The zero-order valence-corrected chi connectivity index (χ0v) is 10.2. The molecule has 0 aromatic carbocycles. The van der Waals surface area contributed by atoms with Crippen molar-refractivity contribution in [3.63, 3.8) is 0 Å². The van der Waals surface area contributed by atoms with Crippen LogP contribution in [0.1, 0.15) is 6.42 Å². The normalized spacial score (nSPS) is 29.6. The van der Waals surface area contributed by atoms with Crippen LogP contribution < -0.4 is 0 Å². The Morgan fingerprint density at radius 3 is 2.79 bits per heavy atom. The van der Waals surface area contributed by atoms with Gasteiger partial charge in [-0.1, -0.05) is 0 Å². The van der Waals surface area contributed by atoms with Gasteiger partial charge in [0.25, 0.3) is 0 Å². The first kappa shape index (κ1) is 14.1. The van der Waals surface area contributed by atoms with Crippen LogP contribution in [0.15, 0.2) is 0 Å². The number of ether oxygens (including phenoxy) is 1. The van der Waals surface area contributed by atoms with Crippen LogP contribution in [-0.4, -0.2) is 66.8 Å². The molecule has 2 atom stereocenters. The molecule has 2 aliphatic heterocycles. The first-order chi connectivity index (χ1) is 8.90. The van der Waals surface area contributed by atoms with Crippen molar-refractivity contribution >= 4 is 5.91 Å². The molecular weight excluding hydrogens is 263 g/mol. The summed E-state index contributed by atoms with van der Waals surface area (Å²) in [5.41, 5.74) is 0. The maximum Gasteiger partial charge on any atom is 0.406 e. The van der Waals surface area contributed by atoms with Crippen LogP contribution in [-0.2, 0) is 9.53 Å². The Kier molecular flexibility index (Phi) is 3.96. The fourth-order valence-corrected chi connectivity index (χ4v) is 2.47. The van der Waals surface area contributed by atoms with Gasteiger partial charge in [0.15, 0.2) is 6.10 Å². The Morgan fingerprint density at radius 1 is 1.42 bits per heavy atom. The lowest BCUT2D eigenvalue weighted by Gasteiger charge is -2.33. The predicted molar refractivity (Wildman–Crippen MR) is 58.0 cm³/mol. The highest BCUT2D eigenvalue weighted by molar-refractivity contribution is 5.84. The molecule has 0 saturated carbocycles. The van der Waals surface area contributed by atoms with Gasteiger partial charge in [-0.2, -0.15) is 18.4 Å². The molecule has 2 fully saturated rings. The van der Waals surface area contributed by atoms with Crippen molar-refractivity contribution in [1.82, 2.24) is 9.80 Å². The van der Waals surface area contributed by atoms with Gasteiger partial charge in [-0.3, -0.25) is 9.69 Å². The van der Waals surface area contributed by atoms with E-state index in [-0.39, 0.29) is 13.1 Å². The number of amides is 1. The van der Waals surface area contributed by atoms with Gasteiger partial charge in [0.05, 0.1) is 18.7 Å². The lowest BCUT2D eigenvalue weighted by Crippen LogP contribution is -2.50. The summed E-state index contributed by atoms with van der Waals surface area (Å²) in [4.78, 5) is 14.5. The topological polar surface area (TPSA) is 56.6 Å². The molecule has 8 heteroatoms. The van der Waals surface area contributed by atoms with Gasteiger partial charge < -0.3 is 9.64 Å². The molecule has 106 valence electrons. The third kappa shape index (κ3) is 3.36. The monoisotopic (exact) mass is 277 g/mol. The van der Waals surface area contributed by atoms with E-state index in [4.69, 9.17) is 10.00 Å². The lowest BCUT2D eigenvalue weighted by atomic mass is 10.1. The highest BCUT2D eigenvalue weighted by Gasteiger charge is 2.42. The number of hydrogen-bond acceptors (Lipinski definition) is 4. The molecule has 0 radical (unpaired) electrons. The van der Waals surface area contributed by atoms with E-state index in [0.717, 1.165) is 4.90 Å². The fraction of sp³-hybridized carbons (Fsp3) is 0.818. The molecule has 0 aromatic rings. The number of carbonyl (C=O) groups is 1. The average Bonchev–Trinajstić information content (AvgIpc) is 2.69. The smallest absolute Gasteiger partial charge is 0.361 e. The maximum absolute atomic E-state index is 12.3. The molecule has 0 spiro atoms. The van der Waals surface area contributed by atoms with E-state index in [1.54, 1.807) is 4.90 Å². The largest absolute Gasteiger partial charge is 0.406 e. The van der Waals surface area contributed by atoms with Crippen molar-refractivity contribution in [3.8, 4) is 6.07 Å². The Hall–Kier alpha value is -1.33. The summed E-state index contributed by atoms with van der Waals surface area (Å²) in [7, 11) is 0. The minimum atomic E-state index is -4.37. The fourth-order valence-electron chi connectivity index (χ4n) is 2.47. The van der Waals surface area contributed by atoms with E-state index in [0.29, 0.717) is 19.6 Å². The average molecular weight is 277 g/mol. The first-order valence-corrected chi connectivity index (χ1v) is 6.01. The standard InChI is InChI=1S/C11H14F3N3O2/c12-11(13,14)7-17-2-1-9(10(17)18)16-3-4-19-8(5-15)6-16/h8-9H,1-4,6-7H2/t8-,9-/m0/s1. The van der Waals surface area contributed by atoms with E-state index in [9.17, 15) is 18.0 Å². The van der Waals surface area contributed by atoms with Crippen LogP contribution in [0.3, 0.4) is 0 Å². The summed E-state index contributed by atoms with van der Waals surface area (Å²) in [6.45, 7) is -0.0333. The quantitative estimate of drug-likeness (QED) is 0.732. The van der Waals surface area contributed by atoms with Gasteiger partial charge in [0.1, 0.15) is 6.54 Å². The minimum Gasteiger partial charge on any atom is -0.361 e. The molecule has 0 aliphatic carbocycles. The number of carbonyl (C=O) groups excluding carboxylic acids is 1. The summed E-state index contributed by atoms with van der Waals surface area (Å²) in [6.07, 6.45) is -4.61. The number of nitrogens with zero attached hydrogens (tertiary/aromatic N) is 3. The van der Waals surface area contributed by atoms with E-state index in [2.05, 4.69) is 0 Å². The molecule has 1 amide bonds. The third-order valence-corrected chi connectivity index (χ3v) is 3.32. The van der Waals surface area contributed by atoms with Crippen molar-refractivity contribution in [2.75, 3.05) is 32.8 Å². The Bertz CT molecular complexity index is 394. The van der Waals surface area contributed by atoms with E-state index in [1.807, 2.05) is 6.07 Å². The summed E-state index contributed by atoms with van der Waals surface area (Å²) >= 11 is 0. The number of hydrogen-bond donors (Lipinski definition) is 0. The summed E-state index contributed by atoms with van der Waals surface area (Å²) < 4.78 is 42.0. The van der Waals surface area contributed by atoms with Gasteiger partial charge >= 0.3 is 6.18 Å². The molecule has 2 heterocycles. The van der Waals surface area contributed by atoms with E-state index >= 15 is 0 Å². The Labute approximate surface area is 108 Å². The summed E-state index contributed by atoms with van der Waals surface area (Å²) in [5, 5.41) is 8.78. The summed E-state index contributed by atoms with van der Waals surface area (Å²) in [6, 6.07) is 1.40. The number of nitriles is 1. The first-order valence-electron chi connectivity index (χ1n) is 6.01. The van der Waals surface area contributed by atoms with Crippen molar-refractivity contribution in [2.45, 2.75) is 24.7 Å². The van der Waals surface area contributed by atoms with Crippen LogP contribution in [0, 0.1) is 11.3 Å². The maximum atomic E-state index is 12.3. The van der Waals surface area contributed by atoms with Crippen LogP contribution >= 0.6 is 0 Å². The van der Waals surface area contributed by atoms with Crippen LogP contribution in [0.25, 0.3) is 0 Å². The second kappa shape index (κ2) is 5.35. The molecule has 0 unspecified atom stereocenters. The number of likely N-dealkylation sites (tertiary alicyclic amines) is 1. The molecule has 2 rings (SSSR count).